The Hall–Kier alpha value is -0.930. The maximum Gasteiger partial charge on any atom is 0.0566 e. The fourth-order valence-electron chi connectivity index (χ4n) is 2.50. The fraction of sp³-hybridized carbons (Fsp3) is 0.667. The predicted molar refractivity (Wildman–Crippen MR) is 79.6 cm³/mol. The summed E-state index contributed by atoms with van der Waals surface area (Å²) in [7, 11) is 0. The summed E-state index contributed by atoms with van der Waals surface area (Å²) in [6.07, 6.45) is 13.0. The van der Waals surface area contributed by atoms with Gasteiger partial charge in [0.2, 0.25) is 0 Å². The lowest BCUT2D eigenvalue weighted by atomic mass is 9.80. The van der Waals surface area contributed by atoms with Crippen molar-refractivity contribution in [3.8, 4) is 0 Å². The van der Waals surface area contributed by atoms with Crippen LogP contribution in [0.5, 0.6) is 0 Å². The van der Waals surface area contributed by atoms with Gasteiger partial charge in [0, 0.05) is 6.04 Å². The summed E-state index contributed by atoms with van der Waals surface area (Å²) in [5.41, 5.74) is 4.57. The summed E-state index contributed by atoms with van der Waals surface area (Å²) in [4.78, 5) is 4.32. The first-order chi connectivity index (χ1) is 8.65. The van der Waals surface area contributed by atoms with E-state index < -0.39 is 0 Å². The van der Waals surface area contributed by atoms with Crippen molar-refractivity contribution in [2.24, 2.45) is 16.3 Å². The van der Waals surface area contributed by atoms with Crippen molar-refractivity contribution in [2.45, 2.75) is 52.5 Å². The van der Waals surface area contributed by atoms with Gasteiger partial charge in [0.1, 0.15) is 0 Å². The summed E-state index contributed by atoms with van der Waals surface area (Å²) < 4.78 is 0. The van der Waals surface area contributed by atoms with Gasteiger partial charge in [-0.1, -0.05) is 37.6 Å². The molecule has 3 nitrogen and oxygen atoms in total. The Morgan fingerprint density at radius 2 is 2.39 bits per heavy atom. The van der Waals surface area contributed by atoms with Gasteiger partial charge in [0.15, 0.2) is 0 Å². The number of hydrogen-bond donors (Lipinski definition) is 2. The lowest BCUT2D eigenvalue weighted by Gasteiger charge is -2.27. The van der Waals surface area contributed by atoms with Crippen LogP contribution in [-0.2, 0) is 0 Å². The Morgan fingerprint density at radius 1 is 1.61 bits per heavy atom. The number of allylic oxidation sites excluding steroid dienone is 2. The van der Waals surface area contributed by atoms with E-state index in [1.165, 1.54) is 5.57 Å². The van der Waals surface area contributed by atoms with E-state index in [1.54, 1.807) is 0 Å². The van der Waals surface area contributed by atoms with Crippen LogP contribution < -0.4 is 11.3 Å². The predicted octanol–water partition coefficient (Wildman–Crippen LogP) is 2.99. The number of rotatable bonds is 6. The Labute approximate surface area is 111 Å². The number of nitrogens with two attached hydrogens (primary N) is 1. The van der Waals surface area contributed by atoms with Crippen LogP contribution in [0.25, 0.3) is 0 Å². The third-order valence-corrected chi connectivity index (χ3v) is 3.85. The first kappa shape index (κ1) is 15.1. The minimum Gasteiger partial charge on any atom is -0.293 e. The van der Waals surface area contributed by atoms with Crippen molar-refractivity contribution in [2.75, 3.05) is 6.54 Å². The molecule has 0 radical (unpaired) electrons. The van der Waals surface area contributed by atoms with Gasteiger partial charge in [0.25, 0.3) is 0 Å². The second-order valence-corrected chi connectivity index (χ2v) is 5.28. The second-order valence-electron chi connectivity index (χ2n) is 5.28. The smallest absolute Gasteiger partial charge is 0.0566 e. The molecule has 0 aromatic rings. The second kappa shape index (κ2) is 7.49. The highest BCUT2D eigenvalue weighted by Crippen LogP contribution is 2.31. The molecule has 18 heavy (non-hydrogen) atoms. The van der Waals surface area contributed by atoms with E-state index in [9.17, 15) is 0 Å². The maximum atomic E-state index is 5.68. The Bertz CT molecular complexity index is 331. The van der Waals surface area contributed by atoms with Crippen LogP contribution >= 0.6 is 0 Å². The van der Waals surface area contributed by atoms with Gasteiger partial charge in [-0.05, 0) is 44.2 Å². The van der Waals surface area contributed by atoms with E-state index in [1.807, 2.05) is 0 Å². The molecule has 0 amide bonds. The number of nitrogens with one attached hydrogen (secondary N) is 1. The summed E-state index contributed by atoms with van der Waals surface area (Å²) in [6, 6.07) is 0.297. The van der Waals surface area contributed by atoms with Gasteiger partial charge in [-0.2, -0.15) is 0 Å². The molecule has 2 atom stereocenters. The molecule has 1 aliphatic rings. The highest BCUT2D eigenvalue weighted by molar-refractivity contribution is 5.59. The number of aliphatic imine (C=N–C) groups is 1. The third-order valence-electron chi connectivity index (χ3n) is 3.85. The van der Waals surface area contributed by atoms with Gasteiger partial charge in [-0.3, -0.25) is 16.3 Å². The number of nitrogens with zero attached hydrogens (tertiary/aromatic N) is 1. The molecule has 0 fully saturated rings. The SMILES string of the molecule is C/C=C(\CC)C(CCC1(C)C=CCN=CC1)NN. The van der Waals surface area contributed by atoms with Crippen LogP contribution in [0.1, 0.15) is 46.5 Å². The first-order valence-electron chi connectivity index (χ1n) is 6.92. The minimum atomic E-state index is 0.224. The average Bonchev–Trinajstić information content (AvgIpc) is 2.60. The highest BCUT2D eigenvalue weighted by atomic mass is 15.2. The van der Waals surface area contributed by atoms with Gasteiger partial charge in [-0.15, -0.1) is 0 Å². The summed E-state index contributed by atoms with van der Waals surface area (Å²) in [5, 5.41) is 0. The summed E-state index contributed by atoms with van der Waals surface area (Å²) in [6.45, 7) is 7.39. The van der Waals surface area contributed by atoms with E-state index in [0.29, 0.717) is 6.04 Å². The summed E-state index contributed by atoms with van der Waals surface area (Å²) in [5.74, 6) is 5.68. The average molecular weight is 249 g/mol. The molecule has 0 saturated carbocycles. The molecule has 0 spiro atoms. The normalized spacial score (nSPS) is 26.1. The summed E-state index contributed by atoms with van der Waals surface area (Å²) >= 11 is 0. The van der Waals surface area contributed by atoms with Crippen molar-refractivity contribution >= 4 is 6.21 Å². The first-order valence-corrected chi connectivity index (χ1v) is 6.92. The fourth-order valence-corrected chi connectivity index (χ4v) is 2.50. The molecular weight excluding hydrogens is 222 g/mol. The standard InChI is InChI=1S/C15H27N3/c1-4-13(5-2)14(18-16)7-9-15(3)8-6-11-17-12-10-15/h4,6,8,12,14,18H,5,7,9-11,16H2,1-3H3/b13-4+. The van der Waals surface area contributed by atoms with Crippen LogP contribution in [0.3, 0.4) is 0 Å². The van der Waals surface area contributed by atoms with Crippen molar-refractivity contribution in [3.63, 3.8) is 0 Å². The van der Waals surface area contributed by atoms with E-state index in [4.69, 9.17) is 5.84 Å². The van der Waals surface area contributed by atoms with Crippen LogP contribution in [0.15, 0.2) is 28.8 Å². The van der Waals surface area contributed by atoms with Gasteiger partial charge >= 0.3 is 0 Å². The molecule has 0 aliphatic carbocycles. The van der Waals surface area contributed by atoms with Crippen molar-refractivity contribution in [1.29, 1.82) is 0 Å². The zero-order valence-electron chi connectivity index (χ0n) is 11.9. The highest BCUT2D eigenvalue weighted by Gasteiger charge is 2.23. The molecule has 102 valence electrons. The molecule has 0 bridgehead atoms. The van der Waals surface area contributed by atoms with Crippen LogP contribution in [-0.4, -0.2) is 18.8 Å². The lowest BCUT2D eigenvalue weighted by Crippen LogP contribution is -2.37. The Kier molecular flexibility index (Phi) is 6.30. The van der Waals surface area contributed by atoms with Gasteiger partial charge in [-0.25, -0.2) is 0 Å². The Balaban J connectivity index is 2.59. The zero-order valence-corrected chi connectivity index (χ0v) is 11.9. The topological polar surface area (TPSA) is 50.4 Å². The van der Waals surface area contributed by atoms with Crippen LogP contribution in [0.4, 0.5) is 0 Å². The third kappa shape index (κ3) is 4.39. The molecule has 1 heterocycles. The molecule has 0 aromatic heterocycles. The molecule has 3 N–H and O–H groups in total. The monoisotopic (exact) mass is 249 g/mol. The molecule has 3 heteroatoms. The van der Waals surface area contributed by atoms with E-state index in [0.717, 1.165) is 32.2 Å². The molecular formula is C15H27N3. The Morgan fingerprint density at radius 3 is 3.00 bits per heavy atom. The quantitative estimate of drug-likeness (QED) is 0.432. The van der Waals surface area contributed by atoms with Crippen LogP contribution in [0.2, 0.25) is 0 Å². The molecule has 0 aromatic carbocycles. The number of hydrazine groups is 1. The van der Waals surface area contributed by atoms with Crippen molar-refractivity contribution in [1.82, 2.24) is 5.43 Å². The molecule has 0 saturated heterocycles. The van der Waals surface area contributed by atoms with Crippen molar-refractivity contribution < 1.29 is 0 Å². The zero-order chi connectivity index (χ0) is 13.4. The largest absolute Gasteiger partial charge is 0.293 e. The van der Waals surface area contributed by atoms with Gasteiger partial charge in [0.05, 0.1) is 6.54 Å². The van der Waals surface area contributed by atoms with Crippen molar-refractivity contribution in [3.05, 3.63) is 23.8 Å². The number of hydrogen-bond acceptors (Lipinski definition) is 3. The molecule has 2 unspecified atom stereocenters. The molecule has 1 aliphatic heterocycles. The van der Waals surface area contributed by atoms with E-state index in [-0.39, 0.29) is 5.41 Å². The van der Waals surface area contributed by atoms with Crippen LogP contribution in [0, 0.1) is 5.41 Å². The van der Waals surface area contributed by atoms with E-state index >= 15 is 0 Å². The van der Waals surface area contributed by atoms with E-state index in [2.05, 4.69) is 55.6 Å². The van der Waals surface area contributed by atoms with Gasteiger partial charge < -0.3 is 0 Å². The lowest BCUT2D eigenvalue weighted by molar-refractivity contribution is 0.368. The minimum absolute atomic E-state index is 0.224. The maximum absolute atomic E-state index is 5.68. The molecule has 1 rings (SSSR count).